The molecule has 0 heterocycles. The average molecular weight is 257 g/mol. The molecule has 0 saturated carbocycles. The van der Waals surface area contributed by atoms with Gasteiger partial charge in [-0.3, -0.25) is 0 Å². The van der Waals surface area contributed by atoms with Crippen LogP contribution in [0.3, 0.4) is 0 Å². The molecule has 0 saturated heterocycles. The summed E-state index contributed by atoms with van der Waals surface area (Å²) in [5.74, 6) is -0.181. The minimum Gasteiger partial charge on any atom is -0.504 e. The quantitative estimate of drug-likeness (QED) is 0.426. The van der Waals surface area contributed by atoms with Gasteiger partial charge < -0.3 is 10.8 Å². The monoisotopic (exact) mass is 255 g/mol. The van der Waals surface area contributed by atoms with Crippen molar-refractivity contribution in [2.45, 2.75) is 0 Å². The Hall–Kier alpha value is -0.120. The largest absolute Gasteiger partial charge is 0.504 e. The van der Waals surface area contributed by atoms with Crippen LogP contribution in [-0.2, 0) is 0 Å². The molecule has 0 bridgehead atoms. The highest BCUT2D eigenvalue weighted by Gasteiger charge is 2.10. The van der Waals surface area contributed by atoms with Gasteiger partial charge in [-0.1, -0.05) is 23.2 Å². The lowest BCUT2D eigenvalue weighted by Gasteiger charge is -2.04. The van der Waals surface area contributed by atoms with Gasteiger partial charge in [-0.2, -0.15) is 0 Å². The third kappa shape index (κ3) is 1.55. The Bertz CT molecular complexity index is 277. The van der Waals surface area contributed by atoms with Gasteiger partial charge in [0.25, 0.3) is 0 Å². The average Bonchev–Trinajstić information content (AvgIpc) is 1.97. The third-order valence-corrected chi connectivity index (χ3v) is 2.73. The lowest BCUT2D eigenvalue weighted by molar-refractivity contribution is 0.478. The SMILES string of the molecule is Nc1c(O)c(Cl)cc(Br)c1Cl. The van der Waals surface area contributed by atoms with E-state index in [2.05, 4.69) is 15.9 Å². The van der Waals surface area contributed by atoms with Gasteiger partial charge in [-0.15, -0.1) is 0 Å². The molecule has 0 fully saturated rings. The molecule has 0 radical (unpaired) electrons. The number of phenolic OH excluding ortho intramolecular Hbond substituents is 1. The van der Waals surface area contributed by atoms with Gasteiger partial charge in [0.1, 0.15) is 0 Å². The van der Waals surface area contributed by atoms with Crippen molar-refractivity contribution in [2.75, 3.05) is 5.73 Å². The van der Waals surface area contributed by atoms with E-state index < -0.39 is 0 Å². The van der Waals surface area contributed by atoms with E-state index in [1.807, 2.05) is 0 Å². The Morgan fingerprint density at radius 1 is 1.45 bits per heavy atom. The number of phenols is 1. The molecule has 3 N–H and O–H groups in total. The molecule has 0 aliphatic rings. The van der Waals surface area contributed by atoms with Crippen molar-refractivity contribution in [3.63, 3.8) is 0 Å². The van der Waals surface area contributed by atoms with Crippen LogP contribution in [0.2, 0.25) is 10.0 Å². The van der Waals surface area contributed by atoms with Crippen LogP contribution in [0.4, 0.5) is 5.69 Å². The van der Waals surface area contributed by atoms with Crippen LogP contribution in [0.5, 0.6) is 5.75 Å². The van der Waals surface area contributed by atoms with Crippen molar-refractivity contribution in [2.24, 2.45) is 0 Å². The lowest BCUT2D eigenvalue weighted by atomic mass is 10.3. The molecule has 0 aliphatic heterocycles. The highest BCUT2D eigenvalue weighted by atomic mass is 79.9. The fourth-order valence-corrected chi connectivity index (χ4v) is 1.53. The molecule has 0 aliphatic carbocycles. The molecule has 0 atom stereocenters. The summed E-state index contributed by atoms with van der Waals surface area (Å²) < 4.78 is 0.569. The van der Waals surface area contributed by atoms with Gasteiger partial charge in [-0.05, 0) is 22.0 Å². The number of hydrogen-bond acceptors (Lipinski definition) is 2. The first-order valence-electron chi connectivity index (χ1n) is 2.66. The predicted octanol–water partition coefficient (Wildman–Crippen LogP) is 3.04. The van der Waals surface area contributed by atoms with Crippen LogP contribution >= 0.6 is 39.1 Å². The van der Waals surface area contributed by atoms with E-state index in [1.165, 1.54) is 6.07 Å². The predicted molar refractivity (Wildman–Crippen MR) is 50.2 cm³/mol. The highest BCUT2D eigenvalue weighted by molar-refractivity contribution is 9.10. The summed E-state index contributed by atoms with van der Waals surface area (Å²) in [7, 11) is 0. The standard InChI is InChI=1S/C6H4BrCl2NO/c7-2-1-3(8)6(11)5(10)4(2)9/h1,11H,10H2. The second-order valence-corrected chi connectivity index (χ2v) is 3.56. The topological polar surface area (TPSA) is 46.2 Å². The van der Waals surface area contributed by atoms with E-state index in [0.717, 1.165) is 0 Å². The summed E-state index contributed by atoms with van der Waals surface area (Å²) >= 11 is 14.4. The number of halogens is 3. The number of nitrogens with two attached hydrogens (primary N) is 1. The minimum absolute atomic E-state index is 0.0889. The highest BCUT2D eigenvalue weighted by Crippen LogP contribution is 2.40. The van der Waals surface area contributed by atoms with E-state index in [1.54, 1.807) is 0 Å². The Labute approximate surface area is 82.0 Å². The van der Waals surface area contributed by atoms with Crippen molar-refractivity contribution in [1.82, 2.24) is 0 Å². The minimum atomic E-state index is -0.181. The second-order valence-electron chi connectivity index (χ2n) is 1.92. The van der Waals surface area contributed by atoms with Gasteiger partial charge in [0.15, 0.2) is 5.75 Å². The first-order valence-corrected chi connectivity index (χ1v) is 4.21. The Morgan fingerprint density at radius 2 is 2.00 bits per heavy atom. The summed E-state index contributed by atoms with van der Waals surface area (Å²) in [4.78, 5) is 0. The van der Waals surface area contributed by atoms with Gasteiger partial charge in [0.2, 0.25) is 0 Å². The summed E-state index contributed by atoms with van der Waals surface area (Å²) in [5, 5.41) is 9.60. The molecule has 11 heavy (non-hydrogen) atoms. The Kier molecular flexibility index (Phi) is 2.52. The molecule has 1 aromatic carbocycles. The lowest BCUT2D eigenvalue weighted by Crippen LogP contribution is -1.88. The molecule has 0 spiro atoms. The molecule has 0 aromatic heterocycles. The maximum absolute atomic E-state index is 9.15. The van der Waals surface area contributed by atoms with Crippen LogP contribution in [0.25, 0.3) is 0 Å². The first-order chi connectivity index (χ1) is 5.04. The van der Waals surface area contributed by atoms with Crippen LogP contribution in [0.15, 0.2) is 10.5 Å². The number of rotatable bonds is 0. The van der Waals surface area contributed by atoms with Crippen molar-refractivity contribution >= 4 is 44.8 Å². The molecule has 1 aromatic rings. The normalized spacial score (nSPS) is 10.1. The molecular formula is C6H4BrCl2NO. The van der Waals surface area contributed by atoms with Crippen LogP contribution in [0.1, 0.15) is 0 Å². The maximum Gasteiger partial charge on any atom is 0.158 e. The zero-order valence-electron chi connectivity index (χ0n) is 5.24. The first kappa shape index (κ1) is 8.97. The zero-order chi connectivity index (χ0) is 8.59. The van der Waals surface area contributed by atoms with E-state index >= 15 is 0 Å². The van der Waals surface area contributed by atoms with Gasteiger partial charge in [-0.25, -0.2) is 0 Å². The molecule has 0 amide bonds. The van der Waals surface area contributed by atoms with Crippen molar-refractivity contribution in [3.05, 3.63) is 20.6 Å². The van der Waals surface area contributed by atoms with E-state index in [4.69, 9.17) is 34.0 Å². The number of aromatic hydroxyl groups is 1. The summed E-state index contributed by atoms with van der Waals surface area (Å²) in [6, 6.07) is 1.48. The smallest absolute Gasteiger partial charge is 0.158 e. The maximum atomic E-state index is 9.15. The molecular weight excluding hydrogens is 253 g/mol. The van der Waals surface area contributed by atoms with Crippen LogP contribution in [0, 0.1) is 0 Å². The molecule has 1 rings (SSSR count). The summed E-state index contributed by atoms with van der Waals surface area (Å²) in [5.41, 5.74) is 5.48. The Balaban J connectivity index is 3.46. The molecule has 0 unspecified atom stereocenters. The summed E-state index contributed by atoms with van der Waals surface area (Å²) in [6.07, 6.45) is 0. The van der Waals surface area contributed by atoms with Crippen molar-refractivity contribution in [3.8, 4) is 5.75 Å². The Morgan fingerprint density at radius 3 is 2.55 bits per heavy atom. The molecule has 5 heteroatoms. The van der Waals surface area contributed by atoms with Crippen LogP contribution < -0.4 is 5.73 Å². The third-order valence-electron chi connectivity index (χ3n) is 1.18. The van der Waals surface area contributed by atoms with Gasteiger partial charge in [0.05, 0.1) is 15.7 Å². The van der Waals surface area contributed by atoms with Gasteiger partial charge >= 0.3 is 0 Å². The fourth-order valence-electron chi connectivity index (χ4n) is 0.604. The fraction of sp³-hybridized carbons (Fsp3) is 0. The van der Waals surface area contributed by atoms with E-state index in [9.17, 15) is 0 Å². The number of benzene rings is 1. The van der Waals surface area contributed by atoms with Crippen molar-refractivity contribution in [1.29, 1.82) is 0 Å². The zero-order valence-corrected chi connectivity index (χ0v) is 8.33. The van der Waals surface area contributed by atoms with Gasteiger partial charge in [0, 0.05) is 4.47 Å². The number of anilines is 1. The number of nitrogen functional groups attached to an aromatic ring is 1. The molecule has 2 nitrogen and oxygen atoms in total. The molecule has 60 valence electrons. The number of hydrogen-bond donors (Lipinski definition) is 2. The van der Waals surface area contributed by atoms with Crippen LogP contribution in [-0.4, -0.2) is 5.11 Å². The summed E-state index contributed by atoms with van der Waals surface area (Å²) in [6.45, 7) is 0. The van der Waals surface area contributed by atoms with Crippen molar-refractivity contribution < 1.29 is 5.11 Å². The second kappa shape index (κ2) is 3.09. The van der Waals surface area contributed by atoms with E-state index in [0.29, 0.717) is 4.47 Å². The van der Waals surface area contributed by atoms with E-state index in [-0.39, 0.29) is 21.5 Å².